The van der Waals surface area contributed by atoms with E-state index in [1.54, 1.807) is 25.1 Å². The molecule has 0 saturated heterocycles. The van der Waals surface area contributed by atoms with E-state index in [4.69, 9.17) is 21.2 Å². The Morgan fingerprint density at radius 3 is 2.32 bits per heavy atom. The number of carbonyl (C=O) groups excluding carboxylic acids is 2. The number of sulfonamides is 1. The monoisotopic (exact) mass is 506 g/mol. The predicted octanol–water partition coefficient (Wildman–Crippen LogP) is 3.96. The van der Waals surface area contributed by atoms with Crippen LogP contribution in [0.25, 0.3) is 0 Å². The van der Waals surface area contributed by atoms with Gasteiger partial charge in [0.05, 0.1) is 22.2 Å². The smallest absolute Gasteiger partial charge is 0.325 e. The lowest BCUT2D eigenvalue weighted by molar-refractivity contribution is -0.141. The Labute approximate surface area is 200 Å². The predicted molar refractivity (Wildman–Crippen MR) is 124 cm³/mol. The molecule has 1 amide bonds. The quantitative estimate of drug-likeness (QED) is 0.348. The van der Waals surface area contributed by atoms with E-state index in [0.29, 0.717) is 4.47 Å². The second kappa shape index (κ2) is 11.0. The SMILES string of the molecule is CCOC(=O)CNC(=O)c1ccc(S(=O)(=O)N(Oc2ccc(F)cc2Cl)c2ccccc2)cc1. The molecule has 0 radical (unpaired) electrons. The Morgan fingerprint density at radius 2 is 1.71 bits per heavy atom. The summed E-state index contributed by atoms with van der Waals surface area (Å²) in [5, 5.41) is 2.27. The summed E-state index contributed by atoms with van der Waals surface area (Å²) < 4.78 is 45.6. The number of amides is 1. The topological polar surface area (TPSA) is 102 Å². The summed E-state index contributed by atoms with van der Waals surface area (Å²) >= 11 is 6.02. The molecule has 0 atom stereocenters. The number of para-hydroxylation sites is 1. The third-order valence-electron chi connectivity index (χ3n) is 4.37. The van der Waals surface area contributed by atoms with Crippen molar-refractivity contribution < 1.29 is 32.0 Å². The molecule has 0 heterocycles. The van der Waals surface area contributed by atoms with Crippen LogP contribution in [0.1, 0.15) is 17.3 Å². The number of hydrogen-bond donors (Lipinski definition) is 1. The summed E-state index contributed by atoms with van der Waals surface area (Å²) in [6, 6.07) is 16.3. The number of nitrogens with zero attached hydrogens (tertiary/aromatic N) is 1. The number of halogens is 2. The molecular weight excluding hydrogens is 487 g/mol. The first-order valence-electron chi connectivity index (χ1n) is 9.99. The second-order valence-corrected chi connectivity index (χ2v) is 8.91. The standard InChI is InChI=1S/C23H20ClFN2O6S/c1-2-32-22(28)15-26-23(29)16-8-11-19(12-9-16)34(30,31)27(18-6-4-3-5-7-18)33-21-13-10-17(25)14-20(21)24/h3-14H,2,15H2,1H3,(H,26,29). The fraction of sp³-hybridized carbons (Fsp3) is 0.130. The van der Waals surface area contributed by atoms with E-state index in [0.717, 1.165) is 12.1 Å². The van der Waals surface area contributed by atoms with E-state index in [9.17, 15) is 22.4 Å². The van der Waals surface area contributed by atoms with Crippen LogP contribution in [-0.4, -0.2) is 33.4 Å². The Hall–Kier alpha value is -3.63. The third-order valence-corrected chi connectivity index (χ3v) is 6.26. The zero-order valence-electron chi connectivity index (χ0n) is 17.9. The molecule has 0 aliphatic carbocycles. The molecular formula is C23H20ClFN2O6S. The van der Waals surface area contributed by atoms with Gasteiger partial charge in [-0.25, -0.2) is 4.39 Å². The fourth-order valence-corrected chi connectivity index (χ4v) is 4.22. The highest BCUT2D eigenvalue weighted by Crippen LogP contribution is 2.30. The lowest BCUT2D eigenvalue weighted by Gasteiger charge is -2.24. The van der Waals surface area contributed by atoms with Gasteiger partial charge >= 0.3 is 5.97 Å². The zero-order valence-corrected chi connectivity index (χ0v) is 19.5. The highest BCUT2D eigenvalue weighted by Gasteiger charge is 2.28. The average molecular weight is 507 g/mol. The van der Waals surface area contributed by atoms with Crippen LogP contribution in [-0.2, 0) is 19.6 Å². The second-order valence-electron chi connectivity index (χ2n) is 6.75. The van der Waals surface area contributed by atoms with Crippen molar-refractivity contribution in [2.45, 2.75) is 11.8 Å². The summed E-state index contributed by atoms with van der Waals surface area (Å²) in [5.74, 6) is -1.86. The largest absolute Gasteiger partial charge is 0.465 e. The first-order chi connectivity index (χ1) is 16.2. The van der Waals surface area contributed by atoms with Crippen LogP contribution in [0.2, 0.25) is 5.02 Å². The van der Waals surface area contributed by atoms with Crippen molar-refractivity contribution >= 4 is 39.2 Å². The number of esters is 1. The highest BCUT2D eigenvalue weighted by atomic mass is 35.5. The maximum absolute atomic E-state index is 13.4. The van der Waals surface area contributed by atoms with E-state index < -0.39 is 27.7 Å². The van der Waals surface area contributed by atoms with Crippen molar-refractivity contribution in [1.82, 2.24) is 5.32 Å². The molecule has 0 aromatic heterocycles. The summed E-state index contributed by atoms with van der Waals surface area (Å²) in [6.45, 7) is 1.51. The summed E-state index contributed by atoms with van der Waals surface area (Å²) in [7, 11) is -4.30. The first-order valence-corrected chi connectivity index (χ1v) is 11.8. The molecule has 178 valence electrons. The molecule has 3 aromatic rings. The summed E-state index contributed by atoms with van der Waals surface area (Å²) in [5.41, 5.74) is 0.302. The molecule has 1 N–H and O–H groups in total. The van der Waals surface area contributed by atoms with Gasteiger partial charge in [0.25, 0.3) is 15.9 Å². The van der Waals surface area contributed by atoms with E-state index in [1.807, 2.05) is 0 Å². The summed E-state index contributed by atoms with van der Waals surface area (Å²) in [4.78, 5) is 29.0. The Balaban J connectivity index is 1.88. The van der Waals surface area contributed by atoms with E-state index in [2.05, 4.69) is 5.32 Å². The molecule has 0 aliphatic rings. The normalized spacial score (nSPS) is 10.9. The minimum Gasteiger partial charge on any atom is -0.465 e. The molecule has 8 nitrogen and oxygen atoms in total. The zero-order chi connectivity index (χ0) is 24.7. The molecule has 0 bridgehead atoms. The third kappa shape index (κ3) is 6.03. The van der Waals surface area contributed by atoms with Gasteiger partial charge in [0.2, 0.25) is 0 Å². The number of carbonyl (C=O) groups is 2. The highest BCUT2D eigenvalue weighted by molar-refractivity contribution is 7.92. The Morgan fingerprint density at radius 1 is 1.03 bits per heavy atom. The van der Waals surface area contributed by atoms with Crippen LogP contribution in [0, 0.1) is 5.82 Å². The minimum atomic E-state index is -4.30. The number of nitrogens with one attached hydrogen (secondary N) is 1. The van der Waals surface area contributed by atoms with Crippen molar-refractivity contribution in [3.63, 3.8) is 0 Å². The number of benzene rings is 3. The van der Waals surface area contributed by atoms with Crippen molar-refractivity contribution in [3.8, 4) is 5.75 Å². The Kier molecular flexibility index (Phi) is 8.08. The number of anilines is 1. The number of ether oxygens (including phenoxy) is 1. The maximum atomic E-state index is 13.4. The van der Waals surface area contributed by atoms with Gasteiger partial charge in [-0.3, -0.25) is 9.59 Å². The first kappa shape index (κ1) is 25.0. The van der Waals surface area contributed by atoms with Crippen molar-refractivity contribution in [1.29, 1.82) is 0 Å². The molecule has 0 spiro atoms. The minimum absolute atomic E-state index is 0.0783. The van der Waals surface area contributed by atoms with Crippen molar-refractivity contribution in [2.75, 3.05) is 17.6 Å². The van der Waals surface area contributed by atoms with Crippen LogP contribution in [0.15, 0.2) is 77.7 Å². The molecule has 34 heavy (non-hydrogen) atoms. The average Bonchev–Trinajstić information content (AvgIpc) is 2.82. The maximum Gasteiger partial charge on any atom is 0.325 e. The lowest BCUT2D eigenvalue weighted by atomic mass is 10.2. The Bertz CT molecular complexity index is 1270. The van der Waals surface area contributed by atoms with Crippen molar-refractivity contribution in [3.05, 3.63) is 89.2 Å². The fourth-order valence-electron chi connectivity index (χ4n) is 2.77. The molecule has 0 fully saturated rings. The molecule has 0 unspecified atom stereocenters. The van der Waals surface area contributed by atoms with Crippen LogP contribution >= 0.6 is 11.6 Å². The van der Waals surface area contributed by atoms with Crippen LogP contribution in [0.4, 0.5) is 10.1 Å². The van der Waals surface area contributed by atoms with Crippen LogP contribution in [0.5, 0.6) is 5.75 Å². The van der Waals surface area contributed by atoms with Gasteiger partial charge in [0, 0.05) is 5.56 Å². The lowest BCUT2D eigenvalue weighted by Crippen LogP contribution is -2.34. The van der Waals surface area contributed by atoms with Crippen molar-refractivity contribution in [2.24, 2.45) is 0 Å². The van der Waals surface area contributed by atoms with E-state index in [1.165, 1.54) is 42.5 Å². The summed E-state index contributed by atoms with van der Waals surface area (Å²) in [6.07, 6.45) is 0. The van der Waals surface area contributed by atoms with Crippen LogP contribution < -0.4 is 14.6 Å². The van der Waals surface area contributed by atoms with Gasteiger partial charge in [0.15, 0.2) is 5.75 Å². The van der Waals surface area contributed by atoms with Gasteiger partial charge in [0.1, 0.15) is 12.4 Å². The molecule has 3 rings (SSSR count). The molecule has 11 heteroatoms. The van der Waals surface area contributed by atoms with Gasteiger partial charge in [-0.15, -0.1) is 0 Å². The van der Waals surface area contributed by atoms with E-state index in [-0.39, 0.29) is 40.1 Å². The van der Waals surface area contributed by atoms with Gasteiger partial charge < -0.3 is 14.9 Å². The van der Waals surface area contributed by atoms with Gasteiger partial charge in [-0.05, 0) is 61.5 Å². The molecule has 3 aromatic carbocycles. The molecule has 0 aliphatic heterocycles. The van der Waals surface area contributed by atoms with E-state index >= 15 is 0 Å². The van der Waals surface area contributed by atoms with Gasteiger partial charge in [-0.1, -0.05) is 34.3 Å². The van der Waals surface area contributed by atoms with Gasteiger partial charge in [-0.2, -0.15) is 8.42 Å². The molecule has 0 saturated carbocycles. The number of hydrogen-bond acceptors (Lipinski definition) is 6. The van der Waals surface area contributed by atoms with Crippen LogP contribution in [0.3, 0.4) is 0 Å². The number of rotatable bonds is 9.